The van der Waals surface area contributed by atoms with Crippen molar-refractivity contribution in [2.75, 3.05) is 22.7 Å². The third kappa shape index (κ3) is 5.00. The van der Waals surface area contributed by atoms with Crippen LogP contribution in [-0.4, -0.2) is 21.5 Å². The fourth-order valence-corrected chi connectivity index (χ4v) is 4.30. The second-order valence-corrected chi connectivity index (χ2v) is 8.59. The maximum Gasteiger partial charge on any atom is 0.416 e. The van der Waals surface area contributed by atoms with Gasteiger partial charge in [-0.3, -0.25) is 4.72 Å². The molecule has 0 aromatic heterocycles. The lowest BCUT2D eigenvalue weighted by Crippen LogP contribution is -2.30. The molecule has 0 spiro atoms. The molecule has 30 heavy (non-hydrogen) atoms. The highest BCUT2D eigenvalue weighted by Gasteiger charge is 2.33. The maximum absolute atomic E-state index is 13.2. The average molecular weight is 452 g/mol. The van der Waals surface area contributed by atoms with Gasteiger partial charge in [0.25, 0.3) is 10.0 Å². The number of piperidine rings is 1. The molecule has 1 saturated heterocycles. The van der Waals surface area contributed by atoms with E-state index in [0.29, 0.717) is 31.3 Å². The Bertz CT molecular complexity index is 995. The molecule has 0 amide bonds. The van der Waals surface area contributed by atoms with E-state index in [0.717, 1.165) is 37.5 Å². The second-order valence-electron chi connectivity index (χ2n) is 6.91. The van der Waals surface area contributed by atoms with Crippen LogP contribution in [0.3, 0.4) is 0 Å². The quantitative estimate of drug-likeness (QED) is 0.622. The Kier molecular flexibility index (Phi) is 5.94. The van der Waals surface area contributed by atoms with Crippen molar-refractivity contribution < 1.29 is 34.8 Å². The van der Waals surface area contributed by atoms with Crippen molar-refractivity contribution >= 4 is 21.4 Å². The van der Waals surface area contributed by atoms with Crippen LogP contribution in [0.5, 0.6) is 0 Å². The van der Waals surface area contributed by atoms with Crippen LogP contribution in [0, 0.1) is 0 Å². The van der Waals surface area contributed by atoms with Crippen LogP contribution in [0.2, 0.25) is 0 Å². The van der Waals surface area contributed by atoms with Gasteiger partial charge in [-0.25, -0.2) is 8.42 Å². The molecule has 1 aliphatic heterocycles. The van der Waals surface area contributed by atoms with Gasteiger partial charge in [0, 0.05) is 13.1 Å². The van der Waals surface area contributed by atoms with Crippen LogP contribution < -0.4 is 9.62 Å². The number of hydrogen-bond acceptors (Lipinski definition) is 3. The SMILES string of the molecule is O=S(=O)(Nc1cc(C(F)(F)F)ccc1N1CCCCC1)c1ccc(C(F)(F)F)cc1. The van der Waals surface area contributed by atoms with E-state index < -0.39 is 38.4 Å². The van der Waals surface area contributed by atoms with E-state index >= 15 is 0 Å². The Morgan fingerprint density at radius 1 is 0.767 bits per heavy atom. The van der Waals surface area contributed by atoms with E-state index in [1.807, 2.05) is 0 Å². The van der Waals surface area contributed by atoms with Crippen LogP contribution >= 0.6 is 0 Å². The number of rotatable bonds is 4. The van der Waals surface area contributed by atoms with Crippen molar-refractivity contribution in [2.45, 2.75) is 36.5 Å². The third-order valence-corrected chi connectivity index (χ3v) is 6.14. The van der Waals surface area contributed by atoms with Gasteiger partial charge in [0.1, 0.15) is 0 Å². The van der Waals surface area contributed by atoms with Crippen molar-refractivity contribution in [3.8, 4) is 0 Å². The number of benzene rings is 2. The lowest BCUT2D eigenvalue weighted by molar-refractivity contribution is -0.138. The molecule has 0 aliphatic carbocycles. The number of sulfonamides is 1. The topological polar surface area (TPSA) is 49.4 Å². The van der Waals surface area contributed by atoms with E-state index in [4.69, 9.17) is 0 Å². The van der Waals surface area contributed by atoms with Gasteiger partial charge in [0.05, 0.1) is 27.4 Å². The van der Waals surface area contributed by atoms with E-state index in [1.54, 1.807) is 4.90 Å². The van der Waals surface area contributed by atoms with E-state index in [9.17, 15) is 34.8 Å². The van der Waals surface area contributed by atoms with Gasteiger partial charge in [-0.2, -0.15) is 26.3 Å². The average Bonchev–Trinajstić information content (AvgIpc) is 2.67. The predicted molar refractivity (Wildman–Crippen MR) is 99.8 cm³/mol. The van der Waals surface area contributed by atoms with Gasteiger partial charge in [0.2, 0.25) is 0 Å². The molecule has 164 valence electrons. The van der Waals surface area contributed by atoms with E-state index in [2.05, 4.69) is 4.72 Å². The molecule has 1 aliphatic rings. The lowest BCUT2D eigenvalue weighted by Gasteiger charge is -2.31. The molecule has 0 bridgehead atoms. The number of anilines is 2. The molecule has 0 unspecified atom stereocenters. The summed E-state index contributed by atoms with van der Waals surface area (Å²) in [4.78, 5) is 1.30. The van der Waals surface area contributed by atoms with Crippen molar-refractivity contribution in [1.82, 2.24) is 0 Å². The lowest BCUT2D eigenvalue weighted by atomic mass is 10.1. The van der Waals surface area contributed by atoms with Gasteiger partial charge in [-0.15, -0.1) is 0 Å². The zero-order chi connectivity index (χ0) is 22.2. The normalized spacial score (nSPS) is 15.9. The molecular formula is C19H18F6N2O2S. The minimum Gasteiger partial charge on any atom is -0.370 e. The van der Waals surface area contributed by atoms with Crippen molar-refractivity contribution in [1.29, 1.82) is 0 Å². The first-order valence-electron chi connectivity index (χ1n) is 9.04. The number of alkyl halides is 6. The second kappa shape index (κ2) is 8.01. The summed E-state index contributed by atoms with van der Waals surface area (Å²) >= 11 is 0. The summed E-state index contributed by atoms with van der Waals surface area (Å²) in [5.74, 6) is 0. The predicted octanol–water partition coefficient (Wildman–Crippen LogP) is 5.52. The fraction of sp³-hybridized carbons (Fsp3) is 0.368. The fourth-order valence-electron chi connectivity index (χ4n) is 3.23. The Hall–Kier alpha value is -2.43. The van der Waals surface area contributed by atoms with E-state index in [-0.39, 0.29) is 11.4 Å². The van der Waals surface area contributed by atoms with Gasteiger partial charge in [0.15, 0.2) is 0 Å². The summed E-state index contributed by atoms with van der Waals surface area (Å²) in [6.07, 6.45) is -6.74. The summed E-state index contributed by atoms with van der Waals surface area (Å²) in [7, 11) is -4.41. The summed E-state index contributed by atoms with van der Waals surface area (Å²) in [5.41, 5.74) is -2.05. The van der Waals surface area contributed by atoms with Crippen molar-refractivity contribution in [2.24, 2.45) is 0 Å². The molecule has 1 fully saturated rings. The molecule has 0 atom stereocenters. The Morgan fingerprint density at radius 2 is 1.30 bits per heavy atom. The van der Waals surface area contributed by atoms with Gasteiger partial charge < -0.3 is 4.90 Å². The molecule has 11 heteroatoms. The molecule has 2 aromatic rings. The Labute approximate surface area is 169 Å². The highest BCUT2D eigenvalue weighted by atomic mass is 32.2. The highest BCUT2D eigenvalue weighted by Crippen LogP contribution is 2.37. The molecular weight excluding hydrogens is 434 g/mol. The summed E-state index contributed by atoms with van der Waals surface area (Å²) in [6.45, 7) is 1.11. The van der Waals surface area contributed by atoms with Crippen LogP contribution in [0.1, 0.15) is 30.4 Å². The third-order valence-electron chi connectivity index (χ3n) is 4.76. The standard InChI is InChI=1S/C19H18F6N2O2S/c20-18(21,22)13-4-7-15(8-5-13)30(28,29)26-16-12-14(19(23,24)25)6-9-17(16)27-10-2-1-3-11-27/h4-9,12,26H,1-3,10-11H2. The minimum atomic E-state index is -4.69. The van der Waals surface area contributed by atoms with Crippen LogP contribution in [-0.2, 0) is 22.4 Å². The molecule has 1 heterocycles. The number of hydrogen-bond donors (Lipinski definition) is 1. The molecule has 3 rings (SSSR count). The molecule has 2 aromatic carbocycles. The zero-order valence-corrected chi connectivity index (χ0v) is 16.3. The first-order valence-corrected chi connectivity index (χ1v) is 10.5. The molecule has 0 radical (unpaired) electrons. The maximum atomic E-state index is 13.2. The number of nitrogens with one attached hydrogen (secondary N) is 1. The van der Waals surface area contributed by atoms with Crippen molar-refractivity contribution in [3.05, 3.63) is 53.6 Å². The summed E-state index contributed by atoms with van der Waals surface area (Å²) in [6, 6.07) is 5.52. The highest BCUT2D eigenvalue weighted by molar-refractivity contribution is 7.92. The number of nitrogens with zero attached hydrogens (tertiary/aromatic N) is 1. The Balaban J connectivity index is 1.98. The van der Waals surface area contributed by atoms with E-state index in [1.165, 1.54) is 6.07 Å². The molecule has 1 N–H and O–H groups in total. The number of halogens is 6. The van der Waals surface area contributed by atoms with Crippen molar-refractivity contribution in [3.63, 3.8) is 0 Å². The largest absolute Gasteiger partial charge is 0.416 e. The van der Waals surface area contributed by atoms with Gasteiger partial charge in [-0.1, -0.05) is 0 Å². The first-order chi connectivity index (χ1) is 13.9. The summed E-state index contributed by atoms with van der Waals surface area (Å²) < 4.78 is 105. The van der Waals surface area contributed by atoms with Crippen LogP contribution in [0.25, 0.3) is 0 Å². The van der Waals surface area contributed by atoms with Gasteiger partial charge in [-0.05, 0) is 61.7 Å². The monoisotopic (exact) mass is 452 g/mol. The van der Waals surface area contributed by atoms with Gasteiger partial charge >= 0.3 is 12.4 Å². The summed E-state index contributed by atoms with van der Waals surface area (Å²) in [5, 5.41) is 0. The van der Waals surface area contributed by atoms with Crippen LogP contribution in [0.15, 0.2) is 47.4 Å². The first kappa shape index (κ1) is 22.3. The molecule has 4 nitrogen and oxygen atoms in total. The molecule has 0 saturated carbocycles. The minimum absolute atomic E-state index is 0.272. The smallest absolute Gasteiger partial charge is 0.370 e. The zero-order valence-electron chi connectivity index (χ0n) is 15.5. The Morgan fingerprint density at radius 3 is 1.83 bits per heavy atom. The van der Waals surface area contributed by atoms with Crippen LogP contribution in [0.4, 0.5) is 37.7 Å².